The minimum atomic E-state index is -3.77. The maximum atomic E-state index is 11.4. The molecule has 170 valence electrons. The number of anilines is 4. The second-order valence-electron chi connectivity index (χ2n) is 7.17. The number of hydrogen-bond donors (Lipinski definition) is 5. The average molecular weight is 461 g/mol. The summed E-state index contributed by atoms with van der Waals surface area (Å²) in [6, 6.07) is 6.06. The molecule has 1 aliphatic rings. The molecule has 3 heterocycles. The summed E-state index contributed by atoms with van der Waals surface area (Å²) in [5.41, 5.74) is 6.63. The number of nitrogens with two attached hydrogens (primary N) is 2. The fourth-order valence-electron chi connectivity index (χ4n) is 3.36. The Labute approximate surface area is 184 Å². The van der Waals surface area contributed by atoms with Crippen LogP contribution in [0.2, 0.25) is 0 Å². The van der Waals surface area contributed by atoms with Crippen molar-refractivity contribution in [2.24, 2.45) is 5.14 Å². The molecule has 14 heteroatoms. The molecule has 0 unspecified atom stereocenters. The number of nitrogens with one attached hydrogen (secondary N) is 3. The van der Waals surface area contributed by atoms with Gasteiger partial charge in [-0.3, -0.25) is 0 Å². The van der Waals surface area contributed by atoms with Gasteiger partial charge in [-0.15, -0.1) is 5.10 Å². The Balaban J connectivity index is 1.58. The van der Waals surface area contributed by atoms with Crippen LogP contribution in [0.25, 0.3) is 5.82 Å². The number of benzene rings is 1. The van der Waals surface area contributed by atoms with Crippen molar-refractivity contribution in [2.45, 2.75) is 23.8 Å². The fraction of sp³-hybridized carbons (Fsp3) is 0.333. The molecular weight excluding hydrogens is 436 g/mol. The summed E-state index contributed by atoms with van der Waals surface area (Å²) in [5.74, 6) is 1.53. The molecule has 3 aromatic rings. The first-order valence-corrected chi connectivity index (χ1v) is 11.4. The van der Waals surface area contributed by atoms with E-state index >= 15 is 0 Å². The van der Waals surface area contributed by atoms with Crippen LogP contribution in [0, 0.1) is 0 Å². The molecular formula is C18H24N10O3S. The van der Waals surface area contributed by atoms with E-state index in [0.29, 0.717) is 23.1 Å². The molecule has 0 amide bonds. The third-order valence-electron chi connectivity index (χ3n) is 4.90. The molecule has 1 aromatic carbocycles. The van der Waals surface area contributed by atoms with Crippen molar-refractivity contribution in [3.8, 4) is 11.6 Å². The monoisotopic (exact) mass is 460 g/mol. The lowest BCUT2D eigenvalue weighted by Crippen LogP contribution is -2.38. The topological polar surface area (TPSA) is 188 Å². The highest BCUT2D eigenvalue weighted by Gasteiger charge is 2.21. The number of piperidine rings is 1. The van der Waals surface area contributed by atoms with Gasteiger partial charge >= 0.3 is 0 Å². The molecule has 1 saturated heterocycles. The number of nitrogens with zero attached hydrogens (tertiary/aromatic N) is 5. The first-order valence-electron chi connectivity index (χ1n) is 9.84. The van der Waals surface area contributed by atoms with Crippen LogP contribution >= 0.6 is 0 Å². The molecule has 13 nitrogen and oxygen atoms in total. The number of primary sulfonamides is 1. The van der Waals surface area contributed by atoms with E-state index in [2.05, 4.69) is 36.0 Å². The van der Waals surface area contributed by atoms with Crippen LogP contribution in [-0.4, -0.2) is 59.4 Å². The first kappa shape index (κ1) is 21.7. The van der Waals surface area contributed by atoms with Crippen molar-refractivity contribution < 1.29 is 13.2 Å². The second kappa shape index (κ2) is 8.94. The van der Waals surface area contributed by atoms with Gasteiger partial charge in [-0.05, 0) is 43.7 Å². The number of ether oxygens (including phenoxy) is 1. The fourth-order valence-corrected chi connectivity index (χ4v) is 3.88. The molecule has 1 atom stereocenters. The predicted octanol–water partition coefficient (Wildman–Crippen LogP) is 0.203. The van der Waals surface area contributed by atoms with Crippen LogP contribution in [-0.2, 0) is 10.0 Å². The van der Waals surface area contributed by atoms with Gasteiger partial charge in [-0.2, -0.15) is 9.67 Å². The Morgan fingerprint density at radius 1 is 1.25 bits per heavy atom. The zero-order valence-corrected chi connectivity index (χ0v) is 18.1. The zero-order chi connectivity index (χ0) is 22.7. The number of nitrogen functional groups attached to an aromatic ring is 1. The van der Waals surface area contributed by atoms with E-state index in [1.807, 2.05) is 0 Å². The van der Waals surface area contributed by atoms with E-state index < -0.39 is 10.0 Å². The van der Waals surface area contributed by atoms with Gasteiger partial charge in [0.2, 0.25) is 33.5 Å². The molecule has 7 N–H and O–H groups in total. The van der Waals surface area contributed by atoms with Gasteiger partial charge in [0.15, 0.2) is 5.82 Å². The first-order chi connectivity index (χ1) is 15.3. The van der Waals surface area contributed by atoms with Crippen molar-refractivity contribution in [1.29, 1.82) is 0 Å². The van der Waals surface area contributed by atoms with E-state index in [4.69, 9.17) is 15.6 Å². The van der Waals surface area contributed by atoms with Gasteiger partial charge in [-0.1, -0.05) is 0 Å². The van der Waals surface area contributed by atoms with Crippen LogP contribution < -0.4 is 31.6 Å². The van der Waals surface area contributed by atoms with Crippen molar-refractivity contribution >= 4 is 33.4 Å². The highest BCUT2D eigenvalue weighted by Crippen LogP contribution is 2.30. The highest BCUT2D eigenvalue weighted by molar-refractivity contribution is 7.89. The minimum Gasteiger partial charge on any atom is -0.490 e. The summed E-state index contributed by atoms with van der Waals surface area (Å²) in [6.07, 6.45) is 3.48. The van der Waals surface area contributed by atoms with Gasteiger partial charge in [-0.25, -0.2) is 23.5 Å². The van der Waals surface area contributed by atoms with Gasteiger partial charge in [0.25, 0.3) is 0 Å². The molecule has 1 aliphatic heterocycles. The van der Waals surface area contributed by atoms with Gasteiger partial charge in [0.1, 0.15) is 6.33 Å². The third-order valence-corrected chi connectivity index (χ3v) is 5.83. The lowest BCUT2D eigenvalue weighted by atomic mass is 10.1. The lowest BCUT2D eigenvalue weighted by molar-refractivity contribution is 0.406. The lowest BCUT2D eigenvalue weighted by Gasteiger charge is -2.25. The van der Waals surface area contributed by atoms with Gasteiger partial charge in [0.05, 0.1) is 12.0 Å². The molecule has 0 bridgehead atoms. The van der Waals surface area contributed by atoms with E-state index in [9.17, 15) is 8.42 Å². The third kappa shape index (κ3) is 4.71. The van der Waals surface area contributed by atoms with Crippen LogP contribution in [0.4, 0.5) is 23.4 Å². The van der Waals surface area contributed by atoms with Crippen molar-refractivity contribution in [1.82, 2.24) is 30.0 Å². The quantitative estimate of drug-likeness (QED) is 0.324. The predicted molar refractivity (Wildman–Crippen MR) is 119 cm³/mol. The Morgan fingerprint density at radius 2 is 2.03 bits per heavy atom. The molecule has 2 aromatic heterocycles. The summed E-state index contributed by atoms with van der Waals surface area (Å²) in [7, 11) is -2.26. The van der Waals surface area contributed by atoms with Crippen LogP contribution in [0.3, 0.4) is 0 Å². The number of hydrogen-bond acceptors (Lipinski definition) is 11. The SMILES string of the molecule is COc1c(N[C@@H]2CCCNC2)ncnc1-n1nc(Nc2ccc(S(N)(=O)=O)cc2)nc1N. The number of sulfonamides is 1. The van der Waals surface area contributed by atoms with Crippen molar-refractivity contribution in [3.05, 3.63) is 30.6 Å². The largest absolute Gasteiger partial charge is 0.490 e. The smallest absolute Gasteiger partial charge is 0.248 e. The molecule has 4 rings (SSSR count). The summed E-state index contributed by atoms with van der Waals surface area (Å²) in [5, 5.41) is 19.2. The summed E-state index contributed by atoms with van der Waals surface area (Å²) < 4.78 is 29.7. The Kier molecular flexibility index (Phi) is 6.07. The minimum absolute atomic E-state index is 0.0000282. The Hall–Kier alpha value is -3.49. The van der Waals surface area contributed by atoms with Gasteiger partial charge in [0, 0.05) is 18.3 Å². The van der Waals surface area contributed by atoms with E-state index in [1.54, 1.807) is 12.1 Å². The molecule has 0 spiro atoms. The summed E-state index contributed by atoms with van der Waals surface area (Å²) in [6.45, 7) is 1.83. The molecule has 0 radical (unpaired) electrons. The van der Waals surface area contributed by atoms with Gasteiger partial charge < -0.3 is 26.4 Å². The van der Waals surface area contributed by atoms with Crippen LogP contribution in [0.1, 0.15) is 12.8 Å². The highest BCUT2D eigenvalue weighted by atomic mass is 32.2. The second-order valence-corrected chi connectivity index (χ2v) is 8.73. The Morgan fingerprint density at radius 3 is 2.69 bits per heavy atom. The maximum absolute atomic E-state index is 11.4. The maximum Gasteiger partial charge on any atom is 0.248 e. The summed E-state index contributed by atoms with van der Waals surface area (Å²) in [4.78, 5) is 12.8. The molecule has 1 fully saturated rings. The molecule has 0 aliphatic carbocycles. The normalized spacial score (nSPS) is 16.5. The standard InChI is InChI=1S/C18H24N10O3S/c1-31-14-15(24-12-3-2-8-21-9-12)22-10-23-16(14)28-17(19)26-18(27-28)25-11-4-6-13(7-5-11)32(20,29)30/h4-7,10,12,21H,2-3,8-9H2,1H3,(H2,20,29,30)(H,22,23,24)(H3,19,25,26,27)/t12-/m1/s1. The number of aromatic nitrogens is 5. The van der Waals surface area contributed by atoms with E-state index in [-0.39, 0.29) is 22.8 Å². The summed E-state index contributed by atoms with van der Waals surface area (Å²) >= 11 is 0. The molecule has 0 saturated carbocycles. The number of methoxy groups -OCH3 is 1. The molecule has 32 heavy (non-hydrogen) atoms. The van der Waals surface area contributed by atoms with Crippen molar-refractivity contribution in [3.63, 3.8) is 0 Å². The zero-order valence-electron chi connectivity index (χ0n) is 17.3. The van der Waals surface area contributed by atoms with Crippen LogP contribution in [0.15, 0.2) is 35.5 Å². The Bertz CT molecular complexity index is 1190. The van der Waals surface area contributed by atoms with Crippen LogP contribution in [0.5, 0.6) is 5.75 Å². The number of rotatable bonds is 7. The van der Waals surface area contributed by atoms with E-state index in [0.717, 1.165) is 25.9 Å². The average Bonchev–Trinajstić information content (AvgIpc) is 3.13. The van der Waals surface area contributed by atoms with Crippen molar-refractivity contribution in [2.75, 3.05) is 36.6 Å². The van der Waals surface area contributed by atoms with E-state index in [1.165, 1.54) is 30.3 Å².